The van der Waals surface area contributed by atoms with Crippen LogP contribution in [-0.4, -0.2) is 30.3 Å². The van der Waals surface area contributed by atoms with Gasteiger partial charge in [0, 0.05) is 30.2 Å². The molecular weight excluding hydrogens is 258 g/mol. The molecule has 106 valence electrons. The minimum absolute atomic E-state index is 0.611. The molecular formula is C14H23N3OS. The summed E-state index contributed by atoms with van der Waals surface area (Å²) in [6, 6.07) is 7.92. The van der Waals surface area contributed by atoms with E-state index < -0.39 is 0 Å². The Bertz CT molecular complexity index is 367. The molecule has 0 aliphatic heterocycles. The van der Waals surface area contributed by atoms with Crippen LogP contribution in [0, 0.1) is 5.92 Å². The molecule has 0 atom stereocenters. The van der Waals surface area contributed by atoms with E-state index >= 15 is 0 Å². The van der Waals surface area contributed by atoms with Gasteiger partial charge >= 0.3 is 0 Å². The van der Waals surface area contributed by atoms with Gasteiger partial charge in [-0.2, -0.15) is 0 Å². The number of nitrogen functional groups attached to an aromatic ring is 1. The molecule has 3 N–H and O–H groups in total. The van der Waals surface area contributed by atoms with Crippen LogP contribution < -0.4 is 11.1 Å². The van der Waals surface area contributed by atoms with Gasteiger partial charge in [0.2, 0.25) is 6.41 Å². The zero-order valence-corrected chi connectivity index (χ0v) is 12.5. The highest BCUT2D eigenvalue weighted by atomic mass is 32.2. The monoisotopic (exact) mass is 281 g/mol. The minimum atomic E-state index is 0.611. The van der Waals surface area contributed by atoms with Gasteiger partial charge in [-0.15, -0.1) is 0 Å². The SMILES string of the molecule is CC(C)CN(CCCNC=O)Sc1ccc(N)cc1. The van der Waals surface area contributed by atoms with Crippen molar-refractivity contribution < 1.29 is 4.79 Å². The summed E-state index contributed by atoms with van der Waals surface area (Å²) in [5, 5.41) is 2.70. The van der Waals surface area contributed by atoms with Crippen LogP contribution >= 0.6 is 11.9 Å². The summed E-state index contributed by atoms with van der Waals surface area (Å²) in [5.74, 6) is 0.611. The van der Waals surface area contributed by atoms with Crippen molar-refractivity contribution in [3.05, 3.63) is 24.3 Å². The minimum Gasteiger partial charge on any atom is -0.399 e. The number of hydrogen-bond acceptors (Lipinski definition) is 4. The van der Waals surface area contributed by atoms with Crippen molar-refractivity contribution in [3.8, 4) is 0 Å². The van der Waals surface area contributed by atoms with Crippen molar-refractivity contribution >= 4 is 24.0 Å². The maximum atomic E-state index is 10.2. The Morgan fingerprint density at radius 2 is 2.05 bits per heavy atom. The van der Waals surface area contributed by atoms with Gasteiger partial charge in [0.05, 0.1) is 0 Å². The molecule has 1 aromatic rings. The highest BCUT2D eigenvalue weighted by Gasteiger charge is 2.09. The molecule has 4 nitrogen and oxygen atoms in total. The third kappa shape index (κ3) is 7.08. The fourth-order valence-corrected chi connectivity index (χ4v) is 2.82. The number of nitrogens with two attached hydrogens (primary N) is 1. The molecule has 1 rings (SSSR count). The van der Waals surface area contributed by atoms with Gasteiger partial charge in [0.1, 0.15) is 0 Å². The fourth-order valence-electron chi connectivity index (χ4n) is 1.68. The van der Waals surface area contributed by atoms with Gasteiger partial charge in [0.25, 0.3) is 0 Å². The quantitative estimate of drug-likeness (QED) is 0.316. The molecule has 0 saturated heterocycles. The van der Waals surface area contributed by atoms with Crippen molar-refractivity contribution in [2.24, 2.45) is 5.92 Å². The van der Waals surface area contributed by atoms with E-state index in [-0.39, 0.29) is 0 Å². The first kappa shape index (κ1) is 15.9. The highest BCUT2D eigenvalue weighted by molar-refractivity contribution is 7.97. The predicted octanol–water partition coefficient (Wildman–Crippen LogP) is 2.37. The number of nitrogens with one attached hydrogen (secondary N) is 1. The van der Waals surface area contributed by atoms with Crippen LogP contribution in [0.3, 0.4) is 0 Å². The molecule has 0 bridgehead atoms. The van der Waals surface area contributed by atoms with E-state index in [1.54, 1.807) is 11.9 Å². The number of amides is 1. The van der Waals surface area contributed by atoms with E-state index in [2.05, 4.69) is 23.5 Å². The molecule has 5 heteroatoms. The molecule has 0 heterocycles. The van der Waals surface area contributed by atoms with Crippen LogP contribution in [0.5, 0.6) is 0 Å². The van der Waals surface area contributed by atoms with Gasteiger partial charge in [-0.25, -0.2) is 4.31 Å². The Hall–Kier alpha value is -1.20. The maximum absolute atomic E-state index is 10.2. The van der Waals surface area contributed by atoms with Crippen LogP contribution in [0.1, 0.15) is 20.3 Å². The average molecular weight is 281 g/mol. The maximum Gasteiger partial charge on any atom is 0.207 e. The van der Waals surface area contributed by atoms with E-state index in [0.717, 1.165) is 38.2 Å². The standard InChI is InChI=1S/C14H23N3OS/c1-12(2)10-17(9-3-8-16-11-18)19-14-6-4-13(15)5-7-14/h4-7,11-12H,3,8-10,15H2,1-2H3,(H,16,18). The van der Waals surface area contributed by atoms with E-state index in [4.69, 9.17) is 5.73 Å². The smallest absolute Gasteiger partial charge is 0.207 e. The van der Waals surface area contributed by atoms with Crippen LogP contribution in [-0.2, 0) is 4.79 Å². The summed E-state index contributed by atoms with van der Waals surface area (Å²) >= 11 is 1.75. The number of hydrogen-bond donors (Lipinski definition) is 2. The number of rotatable bonds is 9. The van der Waals surface area contributed by atoms with Crippen molar-refractivity contribution in [2.45, 2.75) is 25.2 Å². The lowest BCUT2D eigenvalue weighted by Gasteiger charge is -2.23. The lowest BCUT2D eigenvalue weighted by Crippen LogP contribution is -2.25. The molecule has 0 aliphatic rings. The molecule has 0 aliphatic carbocycles. The second-order valence-electron chi connectivity index (χ2n) is 4.87. The summed E-state index contributed by atoms with van der Waals surface area (Å²) in [6.07, 6.45) is 1.70. The number of benzene rings is 1. The summed E-state index contributed by atoms with van der Waals surface area (Å²) in [4.78, 5) is 11.4. The van der Waals surface area contributed by atoms with Gasteiger partial charge in [0.15, 0.2) is 0 Å². The summed E-state index contributed by atoms with van der Waals surface area (Å²) in [6.45, 7) is 7.12. The van der Waals surface area contributed by atoms with E-state index in [9.17, 15) is 4.79 Å². The molecule has 0 spiro atoms. The van der Waals surface area contributed by atoms with E-state index in [1.807, 2.05) is 24.3 Å². The Kier molecular flexibility index (Phi) is 7.36. The topological polar surface area (TPSA) is 58.4 Å². The lowest BCUT2D eigenvalue weighted by molar-refractivity contribution is -0.109. The van der Waals surface area contributed by atoms with E-state index in [0.29, 0.717) is 5.92 Å². The molecule has 0 saturated carbocycles. The van der Waals surface area contributed by atoms with Crippen LogP contribution in [0.4, 0.5) is 5.69 Å². The summed E-state index contributed by atoms with van der Waals surface area (Å²) in [7, 11) is 0. The Labute approximate surface area is 119 Å². The number of carbonyl (C=O) groups is 1. The van der Waals surface area contributed by atoms with Crippen LogP contribution in [0.25, 0.3) is 0 Å². The first-order valence-electron chi connectivity index (χ1n) is 6.57. The molecule has 0 radical (unpaired) electrons. The van der Waals surface area contributed by atoms with Crippen molar-refractivity contribution in [1.29, 1.82) is 0 Å². The molecule has 1 aromatic carbocycles. The zero-order chi connectivity index (χ0) is 14.1. The van der Waals surface area contributed by atoms with E-state index in [1.165, 1.54) is 4.90 Å². The molecule has 0 unspecified atom stereocenters. The third-order valence-corrected chi connectivity index (χ3v) is 3.57. The Morgan fingerprint density at radius 3 is 2.63 bits per heavy atom. The molecule has 0 aromatic heterocycles. The second-order valence-corrected chi connectivity index (χ2v) is 6.04. The largest absolute Gasteiger partial charge is 0.399 e. The molecule has 0 fully saturated rings. The fraction of sp³-hybridized carbons (Fsp3) is 0.500. The number of anilines is 1. The van der Waals surface area contributed by atoms with Gasteiger partial charge in [-0.05, 0) is 48.6 Å². The van der Waals surface area contributed by atoms with Gasteiger partial charge < -0.3 is 11.1 Å². The second kappa shape index (κ2) is 8.82. The third-order valence-electron chi connectivity index (χ3n) is 2.50. The van der Waals surface area contributed by atoms with Crippen molar-refractivity contribution in [2.75, 3.05) is 25.4 Å². The van der Waals surface area contributed by atoms with Gasteiger partial charge in [-0.1, -0.05) is 13.8 Å². The van der Waals surface area contributed by atoms with Crippen molar-refractivity contribution in [3.63, 3.8) is 0 Å². The van der Waals surface area contributed by atoms with Crippen LogP contribution in [0.2, 0.25) is 0 Å². The first-order chi connectivity index (χ1) is 9.11. The Morgan fingerprint density at radius 1 is 1.37 bits per heavy atom. The number of nitrogens with zero attached hydrogens (tertiary/aromatic N) is 1. The lowest BCUT2D eigenvalue weighted by atomic mass is 10.2. The summed E-state index contributed by atoms with van der Waals surface area (Å²) < 4.78 is 2.34. The molecule has 1 amide bonds. The molecule has 19 heavy (non-hydrogen) atoms. The highest BCUT2D eigenvalue weighted by Crippen LogP contribution is 2.24. The van der Waals surface area contributed by atoms with Gasteiger partial charge in [-0.3, -0.25) is 4.79 Å². The van der Waals surface area contributed by atoms with Crippen molar-refractivity contribution in [1.82, 2.24) is 9.62 Å². The average Bonchev–Trinajstić information content (AvgIpc) is 2.36. The normalized spacial score (nSPS) is 10.9. The zero-order valence-electron chi connectivity index (χ0n) is 11.6. The number of carbonyl (C=O) groups excluding carboxylic acids is 1. The first-order valence-corrected chi connectivity index (χ1v) is 7.34. The predicted molar refractivity (Wildman–Crippen MR) is 81.8 cm³/mol. The Balaban J connectivity index is 2.48. The van der Waals surface area contributed by atoms with Crippen LogP contribution in [0.15, 0.2) is 29.2 Å². The summed E-state index contributed by atoms with van der Waals surface area (Å²) in [5.41, 5.74) is 6.47.